The summed E-state index contributed by atoms with van der Waals surface area (Å²) in [5, 5.41) is 5.33. The first-order valence-corrected chi connectivity index (χ1v) is 11.6. The van der Waals surface area contributed by atoms with Crippen molar-refractivity contribution in [2.75, 3.05) is 0 Å². The molecule has 5 nitrogen and oxygen atoms in total. The monoisotopic (exact) mass is 450 g/mol. The van der Waals surface area contributed by atoms with E-state index in [-0.39, 0.29) is 17.3 Å². The number of rotatable bonds is 6. The van der Waals surface area contributed by atoms with Gasteiger partial charge in [-0.3, -0.25) is 0 Å². The van der Waals surface area contributed by atoms with Gasteiger partial charge in [-0.2, -0.15) is 0 Å². The molecule has 0 saturated heterocycles. The van der Waals surface area contributed by atoms with E-state index in [0.717, 1.165) is 28.1 Å². The molecule has 7 heteroatoms. The number of ether oxygens (including phenoxy) is 1. The number of halogens is 1. The van der Waals surface area contributed by atoms with Crippen LogP contribution in [0.2, 0.25) is 0 Å². The van der Waals surface area contributed by atoms with Crippen LogP contribution < -0.4 is 9.88 Å². The van der Waals surface area contributed by atoms with Gasteiger partial charge in [-0.1, -0.05) is 29.8 Å². The molecular weight excluding hydrogens is 427 g/mol. The topological polar surface area (TPSA) is 74.3 Å². The second-order valence-electron chi connectivity index (χ2n) is 7.65. The van der Waals surface area contributed by atoms with Crippen molar-refractivity contribution in [3.63, 3.8) is 0 Å². The van der Waals surface area contributed by atoms with Crippen molar-refractivity contribution in [1.29, 1.82) is 0 Å². The van der Waals surface area contributed by atoms with Gasteiger partial charge in [-0.15, -0.1) is 0 Å². The molecule has 1 heterocycles. The molecule has 0 bridgehead atoms. The van der Waals surface area contributed by atoms with E-state index in [9.17, 15) is 12.8 Å². The Morgan fingerprint density at radius 2 is 1.69 bits per heavy atom. The predicted octanol–water partition coefficient (Wildman–Crippen LogP) is 5.13. The van der Waals surface area contributed by atoms with Crippen LogP contribution in [0, 0.1) is 19.7 Å². The van der Waals surface area contributed by atoms with Crippen molar-refractivity contribution in [1.82, 2.24) is 4.57 Å². The first-order chi connectivity index (χ1) is 15.2. The van der Waals surface area contributed by atoms with Crippen LogP contribution in [0.1, 0.15) is 16.8 Å². The number of sulfonamides is 1. The molecule has 0 amide bonds. The third kappa shape index (κ3) is 4.59. The number of hydrogen-bond acceptors (Lipinski definition) is 3. The molecular formula is C25H23FN2O3S. The lowest BCUT2D eigenvalue weighted by Crippen LogP contribution is -2.12. The molecule has 0 saturated carbocycles. The van der Waals surface area contributed by atoms with E-state index in [1.165, 1.54) is 18.2 Å². The number of aromatic nitrogens is 1. The van der Waals surface area contributed by atoms with Crippen molar-refractivity contribution in [3.05, 3.63) is 102 Å². The SMILES string of the molecule is Cc1ccc(OCc2ccc(F)cc2)c(-c2ccc(C)n2-c2cccc(S(N)(=O)=O)c2)c1. The fraction of sp³-hybridized carbons (Fsp3) is 0.120. The maximum Gasteiger partial charge on any atom is 0.238 e. The van der Waals surface area contributed by atoms with Crippen LogP contribution in [0.25, 0.3) is 16.9 Å². The number of aryl methyl sites for hydroxylation is 2. The van der Waals surface area contributed by atoms with Gasteiger partial charge in [0.2, 0.25) is 10.0 Å². The normalized spacial score (nSPS) is 11.5. The summed E-state index contributed by atoms with van der Waals surface area (Å²) >= 11 is 0. The molecule has 0 unspecified atom stereocenters. The first kappa shape index (κ1) is 21.8. The molecule has 0 atom stereocenters. The van der Waals surface area contributed by atoms with E-state index < -0.39 is 10.0 Å². The molecule has 164 valence electrons. The second-order valence-corrected chi connectivity index (χ2v) is 9.21. The highest BCUT2D eigenvalue weighted by atomic mass is 32.2. The minimum Gasteiger partial charge on any atom is -0.488 e. The molecule has 0 radical (unpaired) electrons. The van der Waals surface area contributed by atoms with Gasteiger partial charge in [-0.05, 0) is 74.0 Å². The highest BCUT2D eigenvalue weighted by molar-refractivity contribution is 7.89. The highest BCUT2D eigenvalue weighted by Gasteiger charge is 2.16. The van der Waals surface area contributed by atoms with Gasteiger partial charge in [0, 0.05) is 16.9 Å². The molecule has 1 aromatic heterocycles. The zero-order valence-electron chi connectivity index (χ0n) is 17.7. The van der Waals surface area contributed by atoms with Crippen molar-refractivity contribution in [3.8, 4) is 22.7 Å². The Labute approximate surface area is 186 Å². The quantitative estimate of drug-likeness (QED) is 0.443. The van der Waals surface area contributed by atoms with Gasteiger partial charge in [0.15, 0.2) is 0 Å². The average Bonchev–Trinajstić information content (AvgIpc) is 3.14. The molecule has 4 aromatic rings. The Morgan fingerprint density at radius 1 is 0.938 bits per heavy atom. The summed E-state index contributed by atoms with van der Waals surface area (Å²) in [6, 6.07) is 22.5. The highest BCUT2D eigenvalue weighted by Crippen LogP contribution is 2.35. The lowest BCUT2D eigenvalue weighted by Gasteiger charge is -2.17. The lowest BCUT2D eigenvalue weighted by atomic mass is 10.1. The molecule has 0 aliphatic rings. The van der Waals surface area contributed by atoms with Crippen LogP contribution in [0.15, 0.2) is 83.8 Å². The minimum atomic E-state index is -3.83. The third-order valence-corrected chi connectivity index (χ3v) is 6.11. The molecule has 32 heavy (non-hydrogen) atoms. The van der Waals surface area contributed by atoms with Crippen molar-refractivity contribution < 1.29 is 17.5 Å². The summed E-state index contributed by atoms with van der Waals surface area (Å²) in [5.41, 5.74) is 5.23. The van der Waals surface area contributed by atoms with Gasteiger partial charge in [0.1, 0.15) is 18.2 Å². The largest absolute Gasteiger partial charge is 0.488 e. The van der Waals surface area contributed by atoms with Crippen LogP contribution in [0.5, 0.6) is 5.75 Å². The number of primary sulfonamides is 1. The van der Waals surface area contributed by atoms with Crippen LogP contribution in [0.3, 0.4) is 0 Å². The van der Waals surface area contributed by atoms with E-state index in [4.69, 9.17) is 9.88 Å². The van der Waals surface area contributed by atoms with Gasteiger partial charge in [0.05, 0.1) is 10.6 Å². The van der Waals surface area contributed by atoms with E-state index in [1.807, 2.05) is 54.8 Å². The second kappa shape index (κ2) is 8.61. The van der Waals surface area contributed by atoms with Crippen LogP contribution >= 0.6 is 0 Å². The Kier molecular flexibility index (Phi) is 5.86. The molecule has 4 rings (SSSR count). The number of benzene rings is 3. The summed E-state index contributed by atoms with van der Waals surface area (Å²) in [6.45, 7) is 4.23. The Balaban J connectivity index is 1.77. The van der Waals surface area contributed by atoms with E-state index in [0.29, 0.717) is 11.4 Å². The zero-order valence-corrected chi connectivity index (χ0v) is 18.6. The Hall–Kier alpha value is -3.42. The molecule has 0 aliphatic heterocycles. The fourth-order valence-electron chi connectivity index (χ4n) is 3.60. The van der Waals surface area contributed by atoms with E-state index in [1.54, 1.807) is 24.3 Å². The van der Waals surface area contributed by atoms with Gasteiger partial charge in [-0.25, -0.2) is 17.9 Å². The Morgan fingerprint density at radius 3 is 2.41 bits per heavy atom. The van der Waals surface area contributed by atoms with Crippen molar-refractivity contribution >= 4 is 10.0 Å². The molecule has 2 N–H and O–H groups in total. The zero-order chi connectivity index (χ0) is 22.9. The van der Waals surface area contributed by atoms with Gasteiger partial charge >= 0.3 is 0 Å². The van der Waals surface area contributed by atoms with Crippen molar-refractivity contribution in [2.45, 2.75) is 25.3 Å². The van der Waals surface area contributed by atoms with Gasteiger partial charge in [0.25, 0.3) is 0 Å². The van der Waals surface area contributed by atoms with E-state index >= 15 is 0 Å². The number of nitrogens with zero attached hydrogens (tertiary/aromatic N) is 1. The summed E-state index contributed by atoms with van der Waals surface area (Å²) in [4.78, 5) is 0.0473. The lowest BCUT2D eigenvalue weighted by molar-refractivity contribution is 0.307. The average molecular weight is 451 g/mol. The molecule has 0 fully saturated rings. The third-order valence-electron chi connectivity index (χ3n) is 5.20. The molecule has 0 spiro atoms. The van der Waals surface area contributed by atoms with E-state index in [2.05, 4.69) is 0 Å². The van der Waals surface area contributed by atoms with Crippen LogP contribution in [-0.2, 0) is 16.6 Å². The maximum atomic E-state index is 13.2. The number of hydrogen-bond donors (Lipinski definition) is 1. The number of nitrogens with two attached hydrogens (primary N) is 1. The summed E-state index contributed by atoms with van der Waals surface area (Å²) in [7, 11) is -3.83. The van der Waals surface area contributed by atoms with Crippen LogP contribution in [-0.4, -0.2) is 13.0 Å². The molecule has 3 aromatic carbocycles. The molecule has 0 aliphatic carbocycles. The summed E-state index contributed by atoms with van der Waals surface area (Å²) < 4.78 is 45.0. The maximum absolute atomic E-state index is 13.2. The summed E-state index contributed by atoms with van der Waals surface area (Å²) in [6.07, 6.45) is 0. The van der Waals surface area contributed by atoms with Crippen LogP contribution in [0.4, 0.5) is 4.39 Å². The minimum absolute atomic E-state index is 0.0473. The fourth-order valence-corrected chi connectivity index (χ4v) is 4.16. The summed E-state index contributed by atoms with van der Waals surface area (Å²) in [5.74, 6) is 0.377. The smallest absolute Gasteiger partial charge is 0.238 e. The standard InChI is InChI=1S/C25H23FN2O3S/c1-17-6-13-25(31-16-19-8-10-20(26)11-9-19)23(14-17)24-12-7-18(2)28(24)21-4-3-5-22(15-21)32(27,29)30/h3-15H,16H2,1-2H3,(H2,27,29,30). The van der Waals surface area contributed by atoms with Gasteiger partial charge < -0.3 is 9.30 Å². The Bertz CT molecular complexity index is 1380. The first-order valence-electron chi connectivity index (χ1n) is 10.0. The van der Waals surface area contributed by atoms with Crippen molar-refractivity contribution in [2.24, 2.45) is 5.14 Å². The predicted molar refractivity (Wildman–Crippen MR) is 123 cm³/mol.